The number of aryl methyl sites for hydroxylation is 1. The zero-order valence-corrected chi connectivity index (χ0v) is 11.5. The molecule has 0 saturated heterocycles. The van der Waals surface area contributed by atoms with Gasteiger partial charge in [-0.2, -0.15) is 0 Å². The molecule has 0 radical (unpaired) electrons. The third kappa shape index (κ3) is 3.46. The van der Waals surface area contributed by atoms with Crippen LogP contribution >= 0.6 is 0 Å². The van der Waals surface area contributed by atoms with E-state index in [9.17, 15) is 14.4 Å². The lowest BCUT2D eigenvalue weighted by Gasteiger charge is -2.13. The zero-order valence-electron chi connectivity index (χ0n) is 11.5. The molecule has 0 aliphatic carbocycles. The largest absolute Gasteiger partial charge is 0.393 e. The fourth-order valence-electron chi connectivity index (χ4n) is 1.71. The Labute approximate surface area is 111 Å². The van der Waals surface area contributed by atoms with Gasteiger partial charge in [0.2, 0.25) is 5.91 Å². The summed E-state index contributed by atoms with van der Waals surface area (Å²) in [4.78, 5) is 36.8. The Hall–Kier alpha value is -2.05. The second kappa shape index (κ2) is 6.21. The summed E-state index contributed by atoms with van der Waals surface area (Å²) in [5.74, 6) is -0.143. The molecule has 1 amide bonds. The molecule has 0 spiro atoms. The molecular formula is C12H20N4O3. The van der Waals surface area contributed by atoms with Crippen LogP contribution in [0.2, 0.25) is 0 Å². The molecule has 1 rings (SSSR count). The first-order chi connectivity index (χ1) is 8.88. The Balaban J connectivity index is 3.09. The summed E-state index contributed by atoms with van der Waals surface area (Å²) in [6.07, 6.45) is 2.21. The predicted octanol–water partition coefficient (Wildman–Crippen LogP) is -0.519. The van der Waals surface area contributed by atoms with E-state index in [1.165, 1.54) is 15.7 Å². The van der Waals surface area contributed by atoms with Gasteiger partial charge in [0.1, 0.15) is 5.69 Å². The van der Waals surface area contributed by atoms with Gasteiger partial charge < -0.3 is 10.6 Å². The smallest absolute Gasteiger partial charge is 0.331 e. The number of rotatable bonds is 5. The van der Waals surface area contributed by atoms with E-state index in [1.807, 2.05) is 6.92 Å². The third-order valence-corrected chi connectivity index (χ3v) is 2.78. The van der Waals surface area contributed by atoms with E-state index in [4.69, 9.17) is 5.73 Å². The third-order valence-electron chi connectivity index (χ3n) is 2.78. The molecule has 0 bridgehead atoms. The lowest BCUT2D eigenvalue weighted by atomic mass is 10.3. The van der Waals surface area contributed by atoms with Crippen LogP contribution < -0.4 is 17.0 Å². The first-order valence-corrected chi connectivity index (χ1v) is 6.18. The summed E-state index contributed by atoms with van der Waals surface area (Å²) in [5, 5.41) is 0. The highest BCUT2D eigenvalue weighted by Crippen LogP contribution is 1.94. The Kier molecular flexibility index (Phi) is 4.91. The average molecular weight is 268 g/mol. The number of nitrogen functional groups attached to an aromatic ring is 1. The van der Waals surface area contributed by atoms with Gasteiger partial charge in [0, 0.05) is 39.8 Å². The van der Waals surface area contributed by atoms with Gasteiger partial charge in [-0.25, -0.2) is 4.79 Å². The van der Waals surface area contributed by atoms with Crippen molar-refractivity contribution in [1.82, 2.24) is 14.0 Å². The number of hydrogen-bond donors (Lipinski definition) is 1. The van der Waals surface area contributed by atoms with Crippen molar-refractivity contribution in [1.29, 1.82) is 0 Å². The van der Waals surface area contributed by atoms with Crippen molar-refractivity contribution < 1.29 is 4.79 Å². The van der Waals surface area contributed by atoms with E-state index < -0.39 is 11.2 Å². The number of nitrogens with two attached hydrogens (primary N) is 1. The van der Waals surface area contributed by atoms with Gasteiger partial charge in [-0.05, 0) is 6.42 Å². The quantitative estimate of drug-likeness (QED) is 0.778. The molecular weight excluding hydrogens is 248 g/mol. The van der Waals surface area contributed by atoms with Crippen LogP contribution in [-0.4, -0.2) is 34.0 Å². The van der Waals surface area contributed by atoms with Crippen LogP contribution in [0.5, 0.6) is 0 Å². The molecule has 106 valence electrons. The van der Waals surface area contributed by atoms with E-state index in [1.54, 1.807) is 14.1 Å². The number of amides is 1. The highest BCUT2D eigenvalue weighted by molar-refractivity contribution is 5.75. The Morgan fingerprint density at radius 1 is 1.32 bits per heavy atom. The molecule has 7 nitrogen and oxygen atoms in total. The van der Waals surface area contributed by atoms with Crippen LogP contribution in [0, 0.1) is 0 Å². The van der Waals surface area contributed by atoms with Gasteiger partial charge in [0.05, 0.1) is 0 Å². The number of nitrogens with zero attached hydrogens (tertiary/aromatic N) is 3. The lowest BCUT2D eigenvalue weighted by Crippen LogP contribution is -2.41. The van der Waals surface area contributed by atoms with E-state index in [0.29, 0.717) is 6.54 Å². The molecule has 0 aliphatic rings. The Bertz CT molecular complexity index is 571. The summed E-state index contributed by atoms with van der Waals surface area (Å²) in [6.45, 7) is 2.46. The van der Waals surface area contributed by atoms with E-state index in [2.05, 4.69) is 0 Å². The number of carbonyl (C=O) groups is 1. The monoisotopic (exact) mass is 268 g/mol. The molecule has 1 aromatic heterocycles. The molecule has 0 aliphatic heterocycles. The maximum atomic E-state index is 12.1. The van der Waals surface area contributed by atoms with Crippen molar-refractivity contribution in [2.45, 2.75) is 32.9 Å². The van der Waals surface area contributed by atoms with Crippen LogP contribution in [0.4, 0.5) is 5.69 Å². The van der Waals surface area contributed by atoms with Crippen molar-refractivity contribution in [2.75, 3.05) is 19.8 Å². The van der Waals surface area contributed by atoms with Gasteiger partial charge in [-0.3, -0.25) is 18.7 Å². The van der Waals surface area contributed by atoms with Crippen molar-refractivity contribution in [3.05, 3.63) is 27.0 Å². The normalized spacial score (nSPS) is 10.5. The first-order valence-electron chi connectivity index (χ1n) is 6.18. The number of hydrogen-bond acceptors (Lipinski definition) is 4. The Morgan fingerprint density at radius 2 is 1.95 bits per heavy atom. The van der Waals surface area contributed by atoms with Crippen molar-refractivity contribution in [2.24, 2.45) is 0 Å². The summed E-state index contributed by atoms with van der Waals surface area (Å²) in [7, 11) is 3.25. The molecule has 7 heteroatoms. The van der Waals surface area contributed by atoms with Crippen molar-refractivity contribution >= 4 is 11.6 Å². The van der Waals surface area contributed by atoms with Gasteiger partial charge in [-0.15, -0.1) is 0 Å². The standard InChI is InChI=1S/C12H20N4O3/c1-4-6-15-8-9(13)11(18)16(12(15)19)7-5-10(17)14(2)3/h8H,4-7,13H2,1-3H3. The van der Waals surface area contributed by atoms with E-state index in [0.717, 1.165) is 11.0 Å². The minimum Gasteiger partial charge on any atom is -0.393 e. The summed E-state index contributed by atoms with van der Waals surface area (Å²) in [6, 6.07) is 0. The lowest BCUT2D eigenvalue weighted by molar-refractivity contribution is -0.128. The average Bonchev–Trinajstić information content (AvgIpc) is 2.35. The first kappa shape index (κ1) is 15.0. The van der Waals surface area contributed by atoms with Crippen LogP contribution in [0.3, 0.4) is 0 Å². The Morgan fingerprint density at radius 3 is 2.47 bits per heavy atom. The molecule has 19 heavy (non-hydrogen) atoms. The topological polar surface area (TPSA) is 90.3 Å². The van der Waals surface area contributed by atoms with Crippen LogP contribution in [0.1, 0.15) is 19.8 Å². The minimum absolute atomic E-state index is 0.0188. The molecule has 1 aromatic rings. The molecule has 0 atom stereocenters. The summed E-state index contributed by atoms with van der Waals surface area (Å²) in [5.41, 5.74) is 4.66. The van der Waals surface area contributed by atoms with Crippen LogP contribution in [-0.2, 0) is 17.9 Å². The highest BCUT2D eigenvalue weighted by atomic mass is 16.2. The number of anilines is 1. The molecule has 2 N–H and O–H groups in total. The van der Waals surface area contributed by atoms with Crippen molar-refractivity contribution in [3.63, 3.8) is 0 Å². The fourth-order valence-corrected chi connectivity index (χ4v) is 1.71. The van der Waals surface area contributed by atoms with Gasteiger partial charge in [0.15, 0.2) is 0 Å². The highest BCUT2D eigenvalue weighted by Gasteiger charge is 2.11. The predicted molar refractivity (Wildman–Crippen MR) is 73.0 cm³/mol. The molecule has 0 saturated carbocycles. The summed E-state index contributed by atoms with van der Waals surface area (Å²) < 4.78 is 2.42. The van der Waals surface area contributed by atoms with Gasteiger partial charge in [-0.1, -0.05) is 6.92 Å². The second-order valence-corrected chi connectivity index (χ2v) is 4.56. The number of aromatic nitrogens is 2. The molecule has 0 aromatic carbocycles. The van der Waals surface area contributed by atoms with Gasteiger partial charge >= 0.3 is 5.69 Å². The second-order valence-electron chi connectivity index (χ2n) is 4.56. The van der Waals surface area contributed by atoms with E-state index >= 15 is 0 Å². The molecule has 1 heterocycles. The fraction of sp³-hybridized carbons (Fsp3) is 0.583. The van der Waals surface area contributed by atoms with Crippen molar-refractivity contribution in [3.8, 4) is 0 Å². The molecule has 0 fully saturated rings. The SMILES string of the molecule is CCCn1cc(N)c(=O)n(CCC(=O)N(C)C)c1=O. The minimum atomic E-state index is -0.538. The number of carbonyl (C=O) groups excluding carboxylic acids is 1. The van der Waals surface area contributed by atoms with Crippen LogP contribution in [0.15, 0.2) is 15.8 Å². The molecule has 0 unspecified atom stereocenters. The van der Waals surface area contributed by atoms with E-state index in [-0.39, 0.29) is 24.6 Å². The zero-order chi connectivity index (χ0) is 14.6. The maximum absolute atomic E-state index is 12.1. The van der Waals surface area contributed by atoms with Gasteiger partial charge in [0.25, 0.3) is 5.56 Å². The maximum Gasteiger partial charge on any atom is 0.331 e. The summed E-state index contributed by atoms with van der Waals surface area (Å²) >= 11 is 0. The van der Waals surface area contributed by atoms with Crippen LogP contribution in [0.25, 0.3) is 0 Å².